The maximum absolute atomic E-state index is 11.5. The zero-order chi connectivity index (χ0) is 12.3. The second kappa shape index (κ2) is 5.80. The summed E-state index contributed by atoms with van der Waals surface area (Å²) >= 11 is 0. The summed E-state index contributed by atoms with van der Waals surface area (Å²) in [5.74, 6) is 0.313. The number of nitrogens with zero attached hydrogens (tertiary/aromatic N) is 2. The van der Waals surface area contributed by atoms with Crippen LogP contribution in [0.25, 0.3) is 0 Å². The van der Waals surface area contributed by atoms with Crippen molar-refractivity contribution in [3.63, 3.8) is 0 Å². The van der Waals surface area contributed by atoms with Gasteiger partial charge in [-0.2, -0.15) is 0 Å². The molecule has 2 heterocycles. The molecule has 2 atom stereocenters. The van der Waals surface area contributed by atoms with E-state index in [2.05, 4.69) is 17.3 Å². The minimum Gasteiger partial charge on any atom is -0.341 e. The minimum atomic E-state index is 0.211. The van der Waals surface area contributed by atoms with Gasteiger partial charge >= 0.3 is 0 Å². The topological polar surface area (TPSA) is 61.6 Å². The molecule has 0 aliphatic carbocycles. The summed E-state index contributed by atoms with van der Waals surface area (Å²) in [5.41, 5.74) is 6.11. The van der Waals surface area contributed by atoms with Crippen LogP contribution < -0.4 is 11.1 Å². The SMILES string of the molecule is CN(CCN1CCCC1=O)C1CCNCC1N. The Kier molecular flexibility index (Phi) is 4.36. The van der Waals surface area contributed by atoms with Gasteiger partial charge in [0.25, 0.3) is 0 Å². The van der Waals surface area contributed by atoms with Gasteiger partial charge < -0.3 is 20.9 Å². The van der Waals surface area contributed by atoms with Crippen molar-refractivity contribution in [1.82, 2.24) is 15.1 Å². The first-order chi connectivity index (χ1) is 8.18. The van der Waals surface area contributed by atoms with Crippen molar-refractivity contribution in [3.05, 3.63) is 0 Å². The highest BCUT2D eigenvalue weighted by molar-refractivity contribution is 5.78. The van der Waals surface area contributed by atoms with Crippen LogP contribution in [0.3, 0.4) is 0 Å². The molecule has 0 bridgehead atoms. The van der Waals surface area contributed by atoms with Crippen molar-refractivity contribution in [2.24, 2.45) is 5.73 Å². The van der Waals surface area contributed by atoms with E-state index in [1.54, 1.807) is 0 Å². The van der Waals surface area contributed by atoms with Gasteiger partial charge in [-0.3, -0.25) is 4.79 Å². The number of hydrogen-bond donors (Lipinski definition) is 2. The fraction of sp³-hybridized carbons (Fsp3) is 0.917. The van der Waals surface area contributed by atoms with E-state index >= 15 is 0 Å². The molecule has 0 saturated carbocycles. The molecule has 0 aromatic heterocycles. The van der Waals surface area contributed by atoms with E-state index in [0.717, 1.165) is 52.0 Å². The molecule has 5 nitrogen and oxygen atoms in total. The van der Waals surface area contributed by atoms with Crippen LogP contribution >= 0.6 is 0 Å². The molecule has 3 N–H and O–H groups in total. The Balaban J connectivity index is 1.76. The quantitative estimate of drug-likeness (QED) is 0.677. The van der Waals surface area contributed by atoms with Gasteiger partial charge in [-0.1, -0.05) is 0 Å². The number of rotatable bonds is 4. The number of carbonyl (C=O) groups is 1. The lowest BCUT2D eigenvalue weighted by molar-refractivity contribution is -0.127. The van der Waals surface area contributed by atoms with Crippen LogP contribution in [-0.2, 0) is 4.79 Å². The van der Waals surface area contributed by atoms with Gasteiger partial charge in [0, 0.05) is 44.7 Å². The summed E-state index contributed by atoms with van der Waals surface area (Å²) in [6.45, 7) is 4.67. The molecule has 1 amide bonds. The molecular formula is C12H24N4O. The standard InChI is InChI=1S/C12H24N4O/c1-15(11-4-5-14-9-10(11)13)7-8-16-6-2-3-12(16)17/h10-11,14H,2-9,13H2,1H3. The minimum absolute atomic E-state index is 0.211. The van der Waals surface area contributed by atoms with Gasteiger partial charge in [0.1, 0.15) is 0 Å². The molecule has 2 unspecified atom stereocenters. The summed E-state index contributed by atoms with van der Waals surface area (Å²) in [6.07, 6.45) is 2.86. The van der Waals surface area contributed by atoms with Crippen molar-refractivity contribution in [2.75, 3.05) is 39.8 Å². The van der Waals surface area contributed by atoms with Crippen LogP contribution in [0, 0.1) is 0 Å². The summed E-state index contributed by atoms with van der Waals surface area (Å²) in [4.78, 5) is 15.8. The smallest absolute Gasteiger partial charge is 0.222 e. The van der Waals surface area contributed by atoms with Crippen molar-refractivity contribution in [3.8, 4) is 0 Å². The lowest BCUT2D eigenvalue weighted by Gasteiger charge is -2.37. The number of nitrogens with one attached hydrogen (secondary N) is 1. The highest BCUT2D eigenvalue weighted by Gasteiger charge is 2.26. The third kappa shape index (κ3) is 3.18. The maximum Gasteiger partial charge on any atom is 0.222 e. The van der Waals surface area contributed by atoms with Crippen LogP contribution in [0.4, 0.5) is 0 Å². The van der Waals surface area contributed by atoms with Crippen LogP contribution in [0.2, 0.25) is 0 Å². The largest absolute Gasteiger partial charge is 0.341 e. The van der Waals surface area contributed by atoms with Crippen molar-refractivity contribution < 1.29 is 4.79 Å². The van der Waals surface area contributed by atoms with E-state index in [9.17, 15) is 4.79 Å². The van der Waals surface area contributed by atoms with Crippen molar-refractivity contribution in [1.29, 1.82) is 0 Å². The van der Waals surface area contributed by atoms with Gasteiger partial charge in [0.15, 0.2) is 0 Å². The maximum atomic E-state index is 11.5. The molecule has 0 spiro atoms. The third-order valence-corrected chi connectivity index (χ3v) is 3.95. The Hall–Kier alpha value is -0.650. The summed E-state index contributed by atoms with van der Waals surface area (Å²) in [7, 11) is 2.12. The van der Waals surface area contributed by atoms with Gasteiger partial charge in [-0.05, 0) is 26.4 Å². The molecule has 0 aromatic carbocycles. The Morgan fingerprint density at radius 3 is 3.06 bits per heavy atom. The van der Waals surface area contributed by atoms with E-state index in [-0.39, 0.29) is 6.04 Å². The molecule has 2 fully saturated rings. The normalized spacial score (nSPS) is 30.3. The second-order valence-electron chi connectivity index (χ2n) is 5.19. The van der Waals surface area contributed by atoms with E-state index in [4.69, 9.17) is 5.73 Å². The number of likely N-dealkylation sites (tertiary alicyclic amines) is 1. The molecule has 2 saturated heterocycles. The zero-order valence-electron chi connectivity index (χ0n) is 10.7. The fourth-order valence-corrected chi connectivity index (χ4v) is 2.80. The molecule has 2 aliphatic heterocycles. The van der Waals surface area contributed by atoms with Gasteiger partial charge in [-0.25, -0.2) is 0 Å². The Morgan fingerprint density at radius 2 is 2.41 bits per heavy atom. The Bertz CT molecular complexity index is 271. The lowest BCUT2D eigenvalue weighted by Crippen LogP contribution is -2.56. The van der Waals surface area contributed by atoms with E-state index in [0.29, 0.717) is 11.9 Å². The van der Waals surface area contributed by atoms with Crippen LogP contribution in [0.15, 0.2) is 0 Å². The average Bonchev–Trinajstić information content (AvgIpc) is 2.72. The third-order valence-electron chi connectivity index (χ3n) is 3.95. The van der Waals surface area contributed by atoms with Crippen molar-refractivity contribution in [2.45, 2.75) is 31.3 Å². The zero-order valence-corrected chi connectivity index (χ0v) is 10.7. The summed E-state index contributed by atoms with van der Waals surface area (Å²) in [5, 5.41) is 3.31. The van der Waals surface area contributed by atoms with Crippen LogP contribution in [0.1, 0.15) is 19.3 Å². The number of carbonyl (C=O) groups excluding carboxylic acids is 1. The first-order valence-electron chi connectivity index (χ1n) is 6.63. The lowest BCUT2D eigenvalue weighted by atomic mass is 10.0. The molecule has 98 valence electrons. The highest BCUT2D eigenvalue weighted by Crippen LogP contribution is 2.12. The molecule has 0 radical (unpaired) electrons. The number of piperidine rings is 1. The first-order valence-corrected chi connectivity index (χ1v) is 6.63. The number of hydrogen-bond acceptors (Lipinski definition) is 4. The molecule has 5 heteroatoms. The molecule has 0 aromatic rings. The van der Waals surface area contributed by atoms with Crippen molar-refractivity contribution >= 4 is 5.91 Å². The molecule has 2 aliphatic rings. The monoisotopic (exact) mass is 240 g/mol. The molecular weight excluding hydrogens is 216 g/mol. The number of nitrogens with two attached hydrogens (primary N) is 1. The van der Waals surface area contributed by atoms with E-state index < -0.39 is 0 Å². The first kappa shape index (κ1) is 12.8. The van der Waals surface area contributed by atoms with Crippen LogP contribution in [0.5, 0.6) is 0 Å². The molecule has 17 heavy (non-hydrogen) atoms. The number of amides is 1. The fourth-order valence-electron chi connectivity index (χ4n) is 2.80. The van der Waals surface area contributed by atoms with Gasteiger partial charge in [0.05, 0.1) is 0 Å². The summed E-state index contributed by atoms with van der Waals surface area (Å²) < 4.78 is 0. The molecule has 2 rings (SSSR count). The van der Waals surface area contributed by atoms with E-state index in [1.165, 1.54) is 0 Å². The van der Waals surface area contributed by atoms with E-state index in [1.807, 2.05) is 4.90 Å². The summed E-state index contributed by atoms with van der Waals surface area (Å²) in [6, 6.07) is 0.664. The number of likely N-dealkylation sites (N-methyl/N-ethyl adjacent to an activating group) is 1. The highest BCUT2D eigenvalue weighted by atomic mass is 16.2. The Morgan fingerprint density at radius 1 is 1.59 bits per heavy atom. The predicted octanol–water partition coefficient (Wildman–Crippen LogP) is -0.770. The average molecular weight is 240 g/mol. The predicted molar refractivity (Wildman–Crippen MR) is 67.7 cm³/mol. The second-order valence-corrected chi connectivity index (χ2v) is 5.19. The Labute approximate surface area is 103 Å². The van der Waals surface area contributed by atoms with Gasteiger partial charge in [0.2, 0.25) is 5.91 Å². The van der Waals surface area contributed by atoms with Gasteiger partial charge in [-0.15, -0.1) is 0 Å². The van der Waals surface area contributed by atoms with Crippen LogP contribution in [-0.4, -0.2) is 67.6 Å².